The molecule has 13 heavy (non-hydrogen) atoms. The normalized spacial score (nSPS) is 13.9. The Balaban J connectivity index is 0.000000223. The third-order valence-corrected chi connectivity index (χ3v) is 1.30. The molecule has 1 rings (SSSR count). The Morgan fingerprint density at radius 3 is 2.77 bits per heavy atom. The Kier molecular flexibility index (Phi) is 10.5. The molecule has 3 heteroatoms. The summed E-state index contributed by atoms with van der Waals surface area (Å²) in [7, 11) is 0. The summed E-state index contributed by atoms with van der Waals surface area (Å²) in [6.07, 6.45) is 7.85. The van der Waals surface area contributed by atoms with Gasteiger partial charge in [0.2, 0.25) is 0 Å². The maximum atomic E-state index is 8.13. The molecule has 0 spiro atoms. The van der Waals surface area contributed by atoms with Crippen LogP contribution in [0.3, 0.4) is 0 Å². The van der Waals surface area contributed by atoms with Gasteiger partial charge in [-0.3, -0.25) is 0 Å². The highest BCUT2D eigenvalue weighted by Gasteiger charge is 1.86. The zero-order chi connectivity index (χ0) is 9.78. The molecule has 0 saturated carbocycles. The molecule has 3 nitrogen and oxygen atoms in total. The molecule has 76 valence electrons. The van der Waals surface area contributed by atoms with Crippen LogP contribution in [0.4, 0.5) is 0 Å². The van der Waals surface area contributed by atoms with E-state index >= 15 is 0 Å². The molecular formula is C10H18O3. The largest absolute Gasteiger partial charge is 0.502 e. The number of rotatable bonds is 4. The smallest absolute Gasteiger partial charge is 0.0876 e. The lowest BCUT2D eigenvalue weighted by atomic mass is 10.3. The van der Waals surface area contributed by atoms with Gasteiger partial charge in [-0.05, 0) is 18.9 Å². The monoisotopic (exact) mass is 186 g/mol. The zero-order valence-electron chi connectivity index (χ0n) is 7.95. The van der Waals surface area contributed by atoms with Gasteiger partial charge >= 0.3 is 0 Å². The molecule has 0 radical (unpaired) electrons. The van der Waals surface area contributed by atoms with E-state index in [9.17, 15) is 0 Å². The summed E-state index contributed by atoms with van der Waals surface area (Å²) < 4.78 is 9.65. The van der Waals surface area contributed by atoms with Gasteiger partial charge in [-0.25, -0.2) is 0 Å². The first-order valence-corrected chi connectivity index (χ1v) is 4.48. The first kappa shape index (κ1) is 12.2. The van der Waals surface area contributed by atoms with Crippen molar-refractivity contribution in [1.82, 2.24) is 0 Å². The average Bonchev–Trinajstić information content (AvgIpc) is 2.22. The number of hydrogen-bond donors (Lipinski definition) is 1. The second kappa shape index (κ2) is 11.2. The summed E-state index contributed by atoms with van der Waals surface area (Å²) in [4.78, 5) is 0. The minimum atomic E-state index is 0.0911. The molecule has 1 aliphatic rings. The number of ether oxygens (including phenoxy) is 2. The molecule has 1 heterocycles. The van der Waals surface area contributed by atoms with Gasteiger partial charge in [0.1, 0.15) is 0 Å². The van der Waals surface area contributed by atoms with Crippen LogP contribution in [-0.2, 0) is 9.47 Å². The van der Waals surface area contributed by atoms with Crippen molar-refractivity contribution in [3.05, 3.63) is 25.0 Å². The lowest BCUT2D eigenvalue weighted by Gasteiger charge is -2.01. The maximum absolute atomic E-state index is 8.13. The van der Waals surface area contributed by atoms with E-state index in [0.717, 1.165) is 6.61 Å². The second-order valence-corrected chi connectivity index (χ2v) is 2.47. The zero-order valence-corrected chi connectivity index (χ0v) is 7.95. The predicted molar refractivity (Wildman–Crippen MR) is 52.4 cm³/mol. The summed E-state index contributed by atoms with van der Waals surface area (Å²) in [5, 5.41) is 8.13. The van der Waals surface area contributed by atoms with Crippen molar-refractivity contribution < 1.29 is 14.6 Å². The van der Waals surface area contributed by atoms with Gasteiger partial charge in [-0.2, -0.15) is 0 Å². The maximum Gasteiger partial charge on any atom is 0.0876 e. The van der Waals surface area contributed by atoms with Crippen molar-refractivity contribution in [1.29, 1.82) is 0 Å². The highest BCUT2D eigenvalue weighted by Crippen LogP contribution is 1.97. The Morgan fingerprint density at radius 1 is 1.62 bits per heavy atom. The Bertz CT molecular complexity index is 124. The molecule has 0 unspecified atom stereocenters. The van der Waals surface area contributed by atoms with Gasteiger partial charge < -0.3 is 14.6 Å². The van der Waals surface area contributed by atoms with Crippen molar-refractivity contribution in [2.24, 2.45) is 0 Å². The molecule has 0 bridgehead atoms. The number of allylic oxidation sites excluding steroid dienone is 1. The number of aliphatic hydroxyl groups is 1. The molecule has 0 amide bonds. The molecule has 0 aromatic heterocycles. The van der Waals surface area contributed by atoms with Gasteiger partial charge in [0.25, 0.3) is 0 Å². The van der Waals surface area contributed by atoms with Crippen molar-refractivity contribution >= 4 is 0 Å². The molecule has 0 aromatic rings. The minimum absolute atomic E-state index is 0.0911. The van der Waals surface area contributed by atoms with Gasteiger partial charge in [0.05, 0.1) is 32.7 Å². The number of hydrogen-bond acceptors (Lipinski definition) is 3. The molecule has 0 fully saturated rings. The van der Waals surface area contributed by atoms with Gasteiger partial charge in [0, 0.05) is 0 Å². The highest BCUT2D eigenvalue weighted by molar-refractivity contribution is 4.76. The van der Waals surface area contributed by atoms with E-state index in [-0.39, 0.29) is 6.61 Å². The van der Waals surface area contributed by atoms with E-state index in [1.807, 2.05) is 6.08 Å². The number of aliphatic hydroxyl groups excluding tert-OH is 1. The molecule has 0 atom stereocenters. The standard InChI is InChI=1S/C5H10O2.C5H8O/c1-2-4-7-5-3-6;1-2-4-6-5-3-1/h2,6H,1,3-5H2;2,4H,1,3,5H2. The summed E-state index contributed by atoms with van der Waals surface area (Å²) in [5.41, 5.74) is 0. The SMILES string of the molecule is C1=COCCC1.C=CCOCCO. The summed E-state index contributed by atoms with van der Waals surface area (Å²) in [5.74, 6) is 0. The fraction of sp³-hybridized carbons (Fsp3) is 0.600. The second-order valence-electron chi connectivity index (χ2n) is 2.47. The van der Waals surface area contributed by atoms with E-state index in [1.54, 1.807) is 12.3 Å². The third kappa shape index (κ3) is 11.2. The summed E-state index contributed by atoms with van der Waals surface area (Å²) in [6.45, 7) is 5.37. The van der Waals surface area contributed by atoms with Crippen LogP contribution >= 0.6 is 0 Å². The fourth-order valence-corrected chi connectivity index (χ4v) is 0.720. The van der Waals surface area contributed by atoms with E-state index in [1.165, 1.54) is 12.8 Å². The van der Waals surface area contributed by atoms with Gasteiger partial charge in [-0.15, -0.1) is 6.58 Å². The molecule has 0 aliphatic carbocycles. The van der Waals surface area contributed by atoms with Crippen molar-refractivity contribution in [2.75, 3.05) is 26.4 Å². The van der Waals surface area contributed by atoms with Crippen molar-refractivity contribution in [3.63, 3.8) is 0 Å². The Labute approximate surface area is 79.7 Å². The van der Waals surface area contributed by atoms with E-state index in [2.05, 4.69) is 6.58 Å². The van der Waals surface area contributed by atoms with Crippen molar-refractivity contribution in [2.45, 2.75) is 12.8 Å². The predicted octanol–water partition coefficient (Wildman–Crippen LogP) is 1.49. The lowest BCUT2D eigenvalue weighted by Crippen LogP contribution is -1.97. The van der Waals surface area contributed by atoms with Crippen LogP contribution in [0, 0.1) is 0 Å². The molecule has 1 N–H and O–H groups in total. The van der Waals surface area contributed by atoms with E-state index in [4.69, 9.17) is 14.6 Å². The lowest BCUT2D eigenvalue weighted by molar-refractivity contribution is 0.112. The van der Waals surface area contributed by atoms with E-state index in [0.29, 0.717) is 13.2 Å². The van der Waals surface area contributed by atoms with Crippen LogP contribution in [0.5, 0.6) is 0 Å². The molecular weight excluding hydrogens is 168 g/mol. The molecule has 1 aliphatic heterocycles. The molecule has 0 aromatic carbocycles. The van der Waals surface area contributed by atoms with E-state index < -0.39 is 0 Å². The van der Waals surface area contributed by atoms with Crippen LogP contribution < -0.4 is 0 Å². The average molecular weight is 186 g/mol. The summed E-state index contributed by atoms with van der Waals surface area (Å²) >= 11 is 0. The summed E-state index contributed by atoms with van der Waals surface area (Å²) in [6, 6.07) is 0. The Morgan fingerprint density at radius 2 is 2.46 bits per heavy atom. The van der Waals surface area contributed by atoms with Crippen LogP contribution in [0.15, 0.2) is 25.0 Å². The highest BCUT2D eigenvalue weighted by atomic mass is 16.5. The quantitative estimate of drug-likeness (QED) is 0.534. The minimum Gasteiger partial charge on any atom is -0.502 e. The van der Waals surface area contributed by atoms with Gasteiger partial charge in [0.15, 0.2) is 0 Å². The van der Waals surface area contributed by atoms with Crippen LogP contribution in [0.25, 0.3) is 0 Å². The first-order chi connectivity index (χ1) is 6.41. The van der Waals surface area contributed by atoms with Crippen LogP contribution in [0.1, 0.15) is 12.8 Å². The fourth-order valence-electron chi connectivity index (χ4n) is 0.720. The topological polar surface area (TPSA) is 38.7 Å². The molecule has 0 saturated heterocycles. The van der Waals surface area contributed by atoms with Crippen molar-refractivity contribution in [3.8, 4) is 0 Å². The first-order valence-electron chi connectivity index (χ1n) is 4.48. The van der Waals surface area contributed by atoms with Crippen LogP contribution in [-0.4, -0.2) is 31.5 Å². The Hall–Kier alpha value is -0.800. The van der Waals surface area contributed by atoms with Gasteiger partial charge in [-0.1, -0.05) is 6.08 Å². The third-order valence-electron chi connectivity index (χ3n) is 1.30. The van der Waals surface area contributed by atoms with Crippen LogP contribution in [0.2, 0.25) is 0 Å².